The number of fused-ring (bicyclic) bond motifs is 2. The zero-order chi connectivity index (χ0) is 32.4. The summed E-state index contributed by atoms with van der Waals surface area (Å²) in [5.74, 6) is -1.36. The molecule has 2 aromatic rings. The number of cyclic esters (lactones) is 1. The summed E-state index contributed by atoms with van der Waals surface area (Å²) < 4.78 is 41.6. The van der Waals surface area contributed by atoms with Gasteiger partial charge in [-0.25, -0.2) is 9.59 Å². The molecule has 2 aliphatic rings. The van der Waals surface area contributed by atoms with E-state index in [0.717, 1.165) is 12.8 Å². The van der Waals surface area contributed by atoms with Crippen LogP contribution in [-0.4, -0.2) is 69.2 Å². The summed E-state index contributed by atoms with van der Waals surface area (Å²) >= 11 is 0. The maximum absolute atomic E-state index is 13.7. The second-order valence-corrected chi connectivity index (χ2v) is 11.6. The highest BCUT2D eigenvalue weighted by Crippen LogP contribution is 2.36. The zero-order valence-corrected chi connectivity index (χ0v) is 26.7. The largest absolute Gasteiger partial charge is 0.493 e. The van der Waals surface area contributed by atoms with Crippen LogP contribution in [0.25, 0.3) is 6.08 Å². The highest BCUT2D eigenvalue weighted by molar-refractivity contribution is 5.97. The van der Waals surface area contributed by atoms with Gasteiger partial charge in [-0.3, -0.25) is 0 Å². The summed E-state index contributed by atoms with van der Waals surface area (Å²) in [4.78, 5) is 26.8. The molecule has 1 saturated heterocycles. The Labute approximate surface area is 265 Å². The number of hydrogen-bond acceptors (Lipinski definition) is 10. The fraction of sp³-hybridized carbons (Fsp3) is 0.486. The summed E-state index contributed by atoms with van der Waals surface area (Å²) in [7, 11) is 1.51. The molecule has 1 unspecified atom stereocenters. The number of methoxy groups -OCH3 is 1. The number of carbonyl (C=O) groups excluding carboxylic acids is 2. The smallest absolute Gasteiger partial charge is 0.342 e. The zero-order valence-electron chi connectivity index (χ0n) is 26.7. The highest BCUT2D eigenvalue weighted by Gasteiger charge is 2.45. The van der Waals surface area contributed by atoms with E-state index in [4.69, 9.17) is 38.9 Å². The topological polar surface area (TPSA) is 125 Å². The van der Waals surface area contributed by atoms with Crippen LogP contribution in [0.1, 0.15) is 73.2 Å². The van der Waals surface area contributed by atoms with Crippen molar-refractivity contribution in [1.29, 1.82) is 0 Å². The Morgan fingerprint density at radius 1 is 1.04 bits per heavy atom. The van der Waals surface area contributed by atoms with Crippen molar-refractivity contribution >= 4 is 18.0 Å². The van der Waals surface area contributed by atoms with Gasteiger partial charge in [-0.05, 0) is 76.4 Å². The summed E-state index contributed by atoms with van der Waals surface area (Å²) in [5, 5.41) is 0. The average Bonchev–Trinajstić information content (AvgIpc) is 3.33. The maximum atomic E-state index is 13.7. The summed E-state index contributed by atoms with van der Waals surface area (Å²) in [5.41, 5.74) is 6.87. The van der Waals surface area contributed by atoms with Crippen molar-refractivity contribution in [2.24, 2.45) is 11.7 Å². The molecule has 0 saturated carbocycles. The van der Waals surface area contributed by atoms with Gasteiger partial charge in [0, 0.05) is 19.1 Å². The number of nitrogens with two attached hydrogens (primary N) is 1. The predicted octanol–water partition coefficient (Wildman–Crippen LogP) is 5.69. The van der Waals surface area contributed by atoms with Crippen LogP contribution in [0.3, 0.4) is 0 Å². The number of ether oxygens (including phenoxy) is 7. The molecule has 1 fully saturated rings. The van der Waals surface area contributed by atoms with E-state index in [0.29, 0.717) is 36.4 Å². The minimum absolute atomic E-state index is 0.0676. The van der Waals surface area contributed by atoms with E-state index >= 15 is 0 Å². The molecule has 0 bridgehead atoms. The molecular formula is C35H45NO9. The molecule has 0 amide bonds. The first-order valence-corrected chi connectivity index (χ1v) is 15.4. The Kier molecular flexibility index (Phi) is 12.2. The number of unbranched alkanes of at least 4 members (excludes halogenated alkanes) is 1. The first-order chi connectivity index (χ1) is 21.6. The fourth-order valence-electron chi connectivity index (χ4n) is 5.13. The van der Waals surface area contributed by atoms with E-state index in [1.54, 1.807) is 42.5 Å². The van der Waals surface area contributed by atoms with Gasteiger partial charge in [0.2, 0.25) is 0 Å². The lowest BCUT2D eigenvalue weighted by Crippen LogP contribution is -2.37. The lowest BCUT2D eigenvalue weighted by atomic mass is 9.98. The molecule has 4 rings (SSSR count). The number of hydrogen-bond donors (Lipinski definition) is 1. The number of benzene rings is 2. The van der Waals surface area contributed by atoms with Crippen LogP contribution >= 0.6 is 0 Å². The molecule has 45 heavy (non-hydrogen) atoms. The second kappa shape index (κ2) is 16.0. The van der Waals surface area contributed by atoms with Crippen molar-refractivity contribution in [3.05, 3.63) is 77.4 Å². The normalized spacial score (nSPS) is 26.0. The van der Waals surface area contributed by atoms with Crippen LogP contribution in [0, 0.1) is 5.92 Å². The van der Waals surface area contributed by atoms with Gasteiger partial charge < -0.3 is 38.9 Å². The quantitative estimate of drug-likeness (QED) is 0.153. The van der Waals surface area contributed by atoms with E-state index < -0.39 is 42.1 Å². The molecule has 2 aliphatic heterocycles. The van der Waals surface area contributed by atoms with Gasteiger partial charge in [-0.2, -0.15) is 0 Å². The Bertz CT molecular complexity index is 1340. The molecule has 244 valence electrons. The van der Waals surface area contributed by atoms with Crippen LogP contribution in [0.2, 0.25) is 0 Å². The van der Waals surface area contributed by atoms with Gasteiger partial charge in [0.05, 0.1) is 18.3 Å². The second-order valence-electron chi connectivity index (χ2n) is 11.6. The summed E-state index contributed by atoms with van der Waals surface area (Å²) in [6.07, 6.45) is 7.04. The van der Waals surface area contributed by atoms with Gasteiger partial charge in [0.15, 0.2) is 12.6 Å². The molecular weight excluding hydrogens is 578 g/mol. The SMILES string of the molecule is COCOc1cc(OCCCCN)cc2c1C(=O)O[C@@H](C)[C@H](C)/C=C\C(OC(=O)c1ccccc1)[C@H]1OC(C)(C)O[C@H]1C/C=C/2. The third-order valence-electron chi connectivity index (χ3n) is 7.61. The molecule has 2 aromatic carbocycles. The van der Waals surface area contributed by atoms with Crippen molar-refractivity contribution in [3.63, 3.8) is 0 Å². The third kappa shape index (κ3) is 9.40. The average molecular weight is 624 g/mol. The van der Waals surface area contributed by atoms with Crippen molar-refractivity contribution in [2.75, 3.05) is 27.1 Å². The van der Waals surface area contributed by atoms with Gasteiger partial charge >= 0.3 is 11.9 Å². The molecule has 5 atom stereocenters. The van der Waals surface area contributed by atoms with Crippen molar-refractivity contribution < 1.29 is 42.7 Å². The summed E-state index contributed by atoms with van der Waals surface area (Å²) in [6, 6.07) is 12.3. The molecule has 0 spiro atoms. The minimum atomic E-state index is -0.913. The Morgan fingerprint density at radius 2 is 1.82 bits per heavy atom. The van der Waals surface area contributed by atoms with Crippen molar-refractivity contribution in [2.45, 2.75) is 77.2 Å². The van der Waals surface area contributed by atoms with E-state index in [2.05, 4.69) is 0 Å². The predicted molar refractivity (Wildman–Crippen MR) is 169 cm³/mol. The molecule has 10 nitrogen and oxygen atoms in total. The maximum Gasteiger partial charge on any atom is 0.342 e. The fourth-order valence-corrected chi connectivity index (χ4v) is 5.13. The molecule has 0 aromatic heterocycles. The number of carbonyl (C=O) groups is 2. The van der Waals surface area contributed by atoms with Gasteiger partial charge in [0.25, 0.3) is 0 Å². The molecule has 0 radical (unpaired) electrons. The lowest BCUT2D eigenvalue weighted by Gasteiger charge is -2.25. The minimum Gasteiger partial charge on any atom is -0.493 e. The van der Waals surface area contributed by atoms with Crippen LogP contribution in [0.15, 0.2) is 60.7 Å². The summed E-state index contributed by atoms with van der Waals surface area (Å²) in [6.45, 7) is 8.36. The Hall–Kier alpha value is -3.70. The third-order valence-corrected chi connectivity index (χ3v) is 7.61. The van der Waals surface area contributed by atoms with Crippen molar-refractivity contribution in [3.8, 4) is 11.5 Å². The van der Waals surface area contributed by atoms with E-state index in [-0.39, 0.29) is 24.0 Å². The number of rotatable bonds is 10. The van der Waals surface area contributed by atoms with E-state index in [1.807, 2.05) is 52.0 Å². The van der Waals surface area contributed by atoms with Gasteiger partial charge in [-0.15, -0.1) is 0 Å². The Morgan fingerprint density at radius 3 is 2.56 bits per heavy atom. The first-order valence-electron chi connectivity index (χ1n) is 15.4. The number of esters is 2. The van der Waals surface area contributed by atoms with E-state index in [9.17, 15) is 9.59 Å². The van der Waals surface area contributed by atoms with Crippen LogP contribution in [0.4, 0.5) is 0 Å². The first kappa shape index (κ1) is 34.2. The van der Waals surface area contributed by atoms with Crippen LogP contribution in [0.5, 0.6) is 11.5 Å². The lowest BCUT2D eigenvalue weighted by molar-refractivity contribution is -0.152. The molecule has 2 N–H and O–H groups in total. The van der Waals surface area contributed by atoms with Gasteiger partial charge in [-0.1, -0.05) is 43.4 Å². The Balaban J connectivity index is 1.72. The van der Waals surface area contributed by atoms with Crippen molar-refractivity contribution in [1.82, 2.24) is 0 Å². The van der Waals surface area contributed by atoms with Crippen LogP contribution < -0.4 is 15.2 Å². The highest BCUT2D eigenvalue weighted by atomic mass is 16.8. The van der Waals surface area contributed by atoms with Crippen LogP contribution in [-0.2, 0) is 23.7 Å². The molecule has 2 heterocycles. The van der Waals surface area contributed by atoms with E-state index in [1.165, 1.54) is 7.11 Å². The monoisotopic (exact) mass is 623 g/mol. The molecule has 0 aliphatic carbocycles. The molecule has 10 heteroatoms. The standard InChI is InChI=1S/C35H45NO9/c1-23-16-17-28(43-33(37)25-12-7-6-8-13-25)32-29(44-35(3,4)45-32)15-11-14-26-20-27(40-19-10-9-18-36)21-30(41-22-39-5)31(26)34(38)42-24(23)2/h6-8,11-14,16-17,20-21,23-24,28-29,32H,9-10,15,18-19,22,36H2,1-5H3/b14-11+,17-16-/t23-,24+,28?,29+,32-/m1/s1. The van der Waals surface area contributed by atoms with Gasteiger partial charge in [0.1, 0.15) is 35.4 Å².